The zero-order chi connectivity index (χ0) is 28.1. The molecule has 0 bridgehead atoms. The Labute approximate surface area is 227 Å². The highest BCUT2D eigenvalue weighted by molar-refractivity contribution is 6.05. The summed E-state index contributed by atoms with van der Waals surface area (Å²) in [6.07, 6.45) is 2.63. The van der Waals surface area contributed by atoms with Gasteiger partial charge in [-0.15, -0.1) is 0 Å². The summed E-state index contributed by atoms with van der Waals surface area (Å²) in [7, 11) is 1.55. The number of carbonyl (C=O) groups is 2. The third-order valence-electron chi connectivity index (χ3n) is 10.5. The molecule has 0 saturated heterocycles. The summed E-state index contributed by atoms with van der Waals surface area (Å²) < 4.78 is 12.8. The lowest BCUT2D eigenvalue weighted by atomic mass is 9.43. The highest BCUT2D eigenvalue weighted by Crippen LogP contribution is 2.66. The van der Waals surface area contributed by atoms with Crippen molar-refractivity contribution in [2.75, 3.05) is 7.11 Å². The van der Waals surface area contributed by atoms with E-state index in [9.17, 15) is 19.7 Å². The van der Waals surface area contributed by atoms with Crippen LogP contribution in [-0.2, 0) is 11.2 Å². The van der Waals surface area contributed by atoms with Crippen molar-refractivity contribution in [1.82, 2.24) is 5.32 Å². The van der Waals surface area contributed by atoms with Gasteiger partial charge in [-0.2, -0.15) is 0 Å². The highest BCUT2D eigenvalue weighted by atomic mass is 16.6. The number of para-hydroxylation sites is 1. The van der Waals surface area contributed by atoms with Gasteiger partial charge in [0.1, 0.15) is 22.7 Å². The molecule has 2 heterocycles. The van der Waals surface area contributed by atoms with Crippen LogP contribution in [-0.4, -0.2) is 35.4 Å². The van der Waals surface area contributed by atoms with Crippen molar-refractivity contribution in [2.24, 2.45) is 28.4 Å². The third kappa shape index (κ3) is 3.22. The van der Waals surface area contributed by atoms with E-state index in [1.165, 1.54) is 6.07 Å². The summed E-state index contributed by atoms with van der Waals surface area (Å²) in [6, 6.07) is 7.47. The number of benzene rings is 2. The maximum atomic E-state index is 13.4. The lowest BCUT2D eigenvalue weighted by Crippen LogP contribution is -2.73. The largest absolute Gasteiger partial charge is 0.496 e. The van der Waals surface area contributed by atoms with Crippen molar-refractivity contribution in [3.05, 3.63) is 62.7 Å². The zero-order valence-electron chi connectivity index (χ0n) is 23.0. The topological polar surface area (TPSA) is 134 Å². The number of fused-ring (bicyclic) bond motifs is 3. The summed E-state index contributed by atoms with van der Waals surface area (Å²) >= 11 is 0. The lowest BCUT2D eigenvalue weighted by Gasteiger charge is -2.66. The lowest BCUT2D eigenvalue weighted by molar-refractivity contribution is -0.385. The van der Waals surface area contributed by atoms with E-state index in [2.05, 4.69) is 19.2 Å². The standard InChI is InChI=1S/C30H35N3O6/c1-15-10-11-21-28(2,3)26(34)18(31)14-30(21)29(15,4)13-16-12-19(33(36)37)22-23(25(16)39-30)24(32-27(22)35)17-8-6-7-9-20(17)38-5/h6-9,12,15,18,21,24H,10-11,13-14,31H2,1-5H3,(H,32,35)/t15-,18+,21-,24?,29+,30-/m0/s1. The Kier molecular flexibility index (Phi) is 5.47. The molecule has 2 aromatic rings. The van der Waals surface area contributed by atoms with Crippen molar-refractivity contribution in [2.45, 2.75) is 71.1 Å². The molecule has 206 valence electrons. The smallest absolute Gasteiger partial charge is 0.283 e. The van der Waals surface area contributed by atoms with E-state index in [1.54, 1.807) is 13.2 Å². The molecule has 2 aliphatic carbocycles. The number of ether oxygens (including phenoxy) is 2. The van der Waals surface area contributed by atoms with Gasteiger partial charge < -0.3 is 20.5 Å². The number of ketones is 1. The second-order valence-electron chi connectivity index (χ2n) is 12.6. The van der Waals surface area contributed by atoms with Gasteiger partial charge in [0.05, 0.1) is 24.1 Å². The Morgan fingerprint density at radius 2 is 1.90 bits per heavy atom. The minimum atomic E-state index is -0.768. The van der Waals surface area contributed by atoms with E-state index in [4.69, 9.17) is 15.2 Å². The van der Waals surface area contributed by atoms with Crippen molar-refractivity contribution in [1.29, 1.82) is 0 Å². The molecule has 0 aromatic heterocycles. The number of nitrogens with one attached hydrogen (secondary N) is 1. The summed E-state index contributed by atoms with van der Waals surface area (Å²) in [5.41, 5.74) is 6.31. The van der Waals surface area contributed by atoms with E-state index < -0.39 is 39.3 Å². The van der Waals surface area contributed by atoms with Gasteiger partial charge in [-0.25, -0.2) is 0 Å². The van der Waals surface area contributed by atoms with Crippen LogP contribution in [0.4, 0.5) is 5.69 Å². The van der Waals surface area contributed by atoms with Gasteiger partial charge in [0.15, 0.2) is 5.78 Å². The van der Waals surface area contributed by atoms with Crippen LogP contribution >= 0.6 is 0 Å². The number of rotatable bonds is 3. The quantitative estimate of drug-likeness (QED) is 0.439. The summed E-state index contributed by atoms with van der Waals surface area (Å²) in [5.74, 6) is 0.725. The monoisotopic (exact) mass is 533 g/mol. The molecule has 6 rings (SSSR count). The Hall–Kier alpha value is -3.46. The van der Waals surface area contributed by atoms with Crippen LogP contribution in [0.3, 0.4) is 0 Å². The molecule has 1 unspecified atom stereocenters. The molecule has 2 aliphatic heterocycles. The molecule has 9 nitrogen and oxygen atoms in total. The second-order valence-corrected chi connectivity index (χ2v) is 12.6. The Bertz CT molecular complexity index is 1440. The molecule has 0 radical (unpaired) electrons. The highest BCUT2D eigenvalue weighted by Gasteiger charge is 2.69. The minimum absolute atomic E-state index is 0.0190. The number of amides is 1. The number of Topliss-reactive ketones (excluding diaryl/α,β-unsaturated/α-hetero) is 1. The Balaban J connectivity index is 1.64. The van der Waals surface area contributed by atoms with E-state index in [0.717, 1.165) is 12.8 Å². The average molecular weight is 534 g/mol. The predicted molar refractivity (Wildman–Crippen MR) is 144 cm³/mol. The number of hydrogen-bond acceptors (Lipinski definition) is 7. The fraction of sp³-hybridized carbons (Fsp3) is 0.533. The summed E-state index contributed by atoms with van der Waals surface area (Å²) in [6.45, 7) is 8.33. The van der Waals surface area contributed by atoms with Gasteiger partial charge in [0.2, 0.25) is 0 Å². The normalized spacial score (nSPS) is 34.1. The molecule has 1 amide bonds. The van der Waals surface area contributed by atoms with Crippen LogP contribution in [0.1, 0.15) is 80.0 Å². The van der Waals surface area contributed by atoms with Gasteiger partial charge >= 0.3 is 0 Å². The number of nitro benzene ring substituents is 1. The molecule has 9 heteroatoms. The number of hydrogen-bond donors (Lipinski definition) is 2. The molecule has 2 saturated carbocycles. The number of methoxy groups -OCH3 is 1. The van der Waals surface area contributed by atoms with E-state index in [-0.39, 0.29) is 28.9 Å². The van der Waals surface area contributed by atoms with Gasteiger partial charge in [-0.1, -0.05) is 45.9 Å². The first kappa shape index (κ1) is 25.8. The average Bonchev–Trinajstić information content (AvgIpc) is 3.23. The molecule has 6 atom stereocenters. The van der Waals surface area contributed by atoms with Gasteiger partial charge in [0.25, 0.3) is 11.6 Å². The zero-order valence-corrected chi connectivity index (χ0v) is 23.0. The molecule has 39 heavy (non-hydrogen) atoms. The Morgan fingerprint density at radius 1 is 1.18 bits per heavy atom. The van der Waals surface area contributed by atoms with Crippen LogP contribution in [0.15, 0.2) is 30.3 Å². The maximum Gasteiger partial charge on any atom is 0.283 e. The van der Waals surface area contributed by atoms with E-state index in [0.29, 0.717) is 41.0 Å². The predicted octanol–water partition coefficient (Wildman–Crippen LogP) is 4.49. The third-order valence-corrected chi connectivity index (χ3v) is 10.5. The molecule has 1 spiro atoms. The number of nitro groups is 1. The summed E-state index contributed by atoms with van der Waals surface area (Å²) in [4.78, 5) is 38.5. The van der Waals surface area contributed by atoms with Crippen LogP contribution < -0.4 is 20.5 Å². The van der Waals surface area contributed by atoms with E-state index in [1.807, 2.05) is 32.0 Å². The first-order chi connectivity index (χ1) is 18.4. The molecule has 2 aromatic carbocycles. The van der Waals surface area contributed by atoms with Crippen molar-refractivity contribution < 1.29 is 24.0 Å². The van der Waals surface area contributed by atoms with E-state index >= 15 is 0 Å². The van der Waals surface area contributed by atoms with Crippen LogP contribution in [0.25, 0.3) is 0 Å². The first-order valence-corrected chi connectivity index (χ1v) is 13.6. The van der Waals surface area contributed by atoms with Crippen LogP contribution in [0, 0.1) is 32.8 Å². The van der Waals surface area contributed by atoms with Crippen LogP contribution in [0.5, 0.6) is 11.5 Å². The molecule has 3 N–H and O–H groups in total. The molecule has 4 aliphatic rings. The second kappa shape index (κ2) is 8.27. The first-order valence-electron chi connectivity index (χ1n) is 13.6. The van der Waals surface area contributed by atoms with Crippen molar-refractivity contribution >= 4 is 17.4 Å². The molecular weight excluding hydrogens is 498 g/mol. The van der Waals surface area contributed by atoms with Crippen molar-refractivity contribution in [3.63, 3.8) is 0 Å². The molecule has 2 fully saturated rings. The minimum Gasteiger partial charge on any atom is -0.496 e. The fourth-order valence-corrected chi connectivity index (χ4v) is 8.35. The Morgan fingerprint density at radius 3 is 2.59 bits per heavy atom. The maximum absolute atomic E-state index is 13.4. The fourth-order valence-electron chi connectivity index (χ4n) is 8.35. The number of carbonyl (C=O) groups excluding carboxylic acids is 2. The van der Waals surface area contributed by atoms with Gasteiger partial charge in [-0.05, 0) is 31.2 Å². The molecular formula is C30H35N3O6. The number of nitrogens with two attached hydrogens (primary N) is 1. The SMILES string of the molecule is COc1ccccc1C1NC(=O)c2c([N+](=O)[O-])cc3c(c21)O[C@@]12C[C@@H](N)C(=O)C(C)(C)[C@@H]1CC[C@H](C)[C@@]2(C)C3. The van der Waals surface area contributed by atoms with Gasteiger partial charge in [0, 0.05) is 45.9 Å². The summed E-state index contributed by atoms with van der Waals surface area (Å²) in [5, 5.41) is 15.2. The van der Waals surface area contributed by atoms with Gasteiger partial charge in [-0.3, -0.25) is 19.7 Å². The van der Waals surface area contributed by atoms with Crippen LogP contribution in [0.2, 0.25) is 0 Å². The van der Waals surface area contributed by atoms with Crippen molar-refractivity contribution in [3.8, 4) is 11.5 Å². The number of nitrogens with zero attached hydrogens (tertiary/aromatic N) is 1.